The molecule has 0 bridgehead atoms. The average Bonchev–Trinajstić information content (AvgIpc) is 2.61. The summed E-state index contributed by atoms with van der Waals surface area (Å²) in [7, 11) is 0. The lowest BCUT2D eigenvalue weighted by Gasteiger charge is -2.11. The molecular weight excluding hydrogens is 320 g/mol. The lowest BCUT2D eigenvalue weighted by Crippen LogP contribution is -2.01. The predicted octanol–water partition coefficient (Wildman–Crippen LogP) is 6.78. The van der Waals surface area contributed by atoms with Gasteiger partial charge in [0.2, 0.25) is 0 Å². The Labute approximate surface area is 160 Å². The van der Waals surface area contributed by atoms with E-state index in [1.807, 2.05) is 44.2 Å². The van der Waals surface area contributed by atoms with Crippen LogP contribution in [0.25, 0.3) is 0 Å². The van der Waals surface area contributed by atoms with Crippen LogP contribution in [0, 0.1) is 18.8 Å². The molecule has 26 heavy (non-hydrogen) atoms. The molecule has 2 atom stereocenters. The van der Waals surface area contributed by atoms with Gasteiger partial charge in [-0.3, -0.25) is 0 Å². The van der Waals surface area contributed by atoms with Gasteiger partial charge in [-0.25, -0.2) is 4.79 Å². The van der Waals surface area contributed by atoms with E-state index in [4.69, 9.17) is 4.74 Å². The van der Waals surface area contributed by atoms with E-state index in [2.05, 4.69) is 26.8 Å². The molecule has 0 saturated carbocycles. The summed E-state index contributed by atoms with van der Waals surface area (Å²) in [6, 6.07) is 8.03. The molecule has 0 saturated heterocycles. The number of ether oxygens (including phenoxy) is 1. The zero-order chi connectivity index (χ0) is 19.4. The third kappa shape index (κ3) is 10.2. The Hall–Kier alpha value is -1.83. The molecule has 1 aromatic carbocycles. The third-order valence-electron chi connectivity index (χ3n) is 4.86. The predicted molar refractivity (Wildman–Crippen MR) is 111 cm³/mol. The summed E-state index contributed by atoms with van der Waals surface area (Å²) in [5, 5.41) is 0. The molecule has 0 amide bonds. The highest BCUT2D eigenvalue weighted by atomic mass is 16.5. The highest BCUT2D eigenvalue weighted by Crippen LogP contribution is 2.17. The van der Waals surface area contributed by atoms with Crippen molar-refractivity contribution in [2.45, 2.75) is 73.3 Å². The molecule has 0 N–H and O–H groups in total. The van der Waals surface area contributed by atoms with Crippen molar-refractivity contribution in [2.75, 3.05) is 0 Å². The van der Waals surface area contributed by atoms with Crippen LogP contribution >= 0.6 is 0 Å². The third-order valence-corrected chi connectivity index (χ3v) is 4.86. The summed E-state index contributed by atoms with van der Waals surface area (Å²) in [5.41, 5.74) is 3.15. The van der Waals surface area contributed by atoms with Gasteiger partial charge in [0, 0.05) is 6.08 Å². The number of rotatable bonds is 11. The van der Waals surface area contributed by atoms with E-state index >= 15 is 0 Å². The maximum Gasteiger partial charge on any atom is 0.331 e. The molecule has 0 fully saturated rings. The quantitative estimate of drug-likeness (QED) is 0.248. The first-order valence-corrected chi connectivity index (χ1v) is 9.97. The monoisotopic (exact) mass is 356 g/mol. The van der Waals surface area contributed by atoms with Crippen molar-refractivity contribution in [3.05, 3.63) is 59.2 Å². The number of hydrogen-bond donors (Lipinski definition) is 0. The number of aryl methyl sites for hydroxylation is 1. The Morgan fingerprint density at radius 3 is 2.42 bits per heavy atom. The van der Waals surface area contributed by atoms with Crippen molar-refractivity contribution in [3.8, 4) is 0 Å². The summed E-state index contributed by atoms with van der Waals surface area (Å²) in [6.07, 6.45) is 12.0. The zero-order valence-electron chi connectivity index (χ0n) is 17.3. The van der Waals surface area contributed by atoms with Gasteiger partial charge in [-0.15, -0.1) is 0 Å². The van der Waals surface area contributed by atoms with Crippen LogP contribution in [0.4, 0.5) is 0 Å². The van der Waals surface area contributed by atoms with Crippen LogP contribution in [-0.4, -0.2) is 5.97 Å². The minimum atomic E-state index is -0.283. The van der Waals surface area contributed by atoms with Crippen LogP contribution in [0.3, 0.4) is 0 Å². The van der Waals surface area contributed by atoms with Crippen LogP contribution in [0.1, 0.15) is 70.9 Å². The second-order valence-electron chi connectivity index (χ2n) is 7.67. The largest absolute Gasteiger partial charge is 0.458 e. The highest BCUT2D eigenvalue weighted by molar-refractivity contribution is 5.83. The van der Waals surface area contributed by atoms with Crippen molar-refractivity contribution in [1.82, 2.24) is 0 Å². The molecule has 2 heteroatoms. The van der Waals surface area contributed by atoms with Crippen LogP contribution in [0.15, 0.2) is 48.1 Å². The molecule has 0 aliphatic rings. The van der Waals surface area contributed by atoms with Crippen LogP contribution in [0.2, 0.25) is 0 Å². The second-order valence-corrected chi connectivity index (χ2v) is 7.67. The van der Waals surface area contributed by atoms with Gasteiger partial charge in [0.25, 0.3) is 0 Å². The van der Waals surface area contributed by atoms with Gasteiger partial charge in [-0.1, -0.05) is 88.4 Å². The van der Waals surface area contributed by atoms with Crippen LogP contribution in [-0.2, 0) is 16.1 Å². The number of carbonyl (C=O) groups is 1. The van der Waals surface area contributed by atoms with Gasteiger partial charge in [0.05, 0.1) is 0 Å². The van der Waals surface area contributed by atoms with Gasteiger partial charge >= 0.3 is 5.97 Å². The minimum Gasteiger partial charge on any atom is -0.458 e. The van der Waals surface area contributed by atoms with Gasteiger partial charge in [-0.05, 0) is 43.2 Å². The summed E-state index contributed by atoms with van der Waals surface area (Å²) in [4.78, 5) is 11.9. The van der Waals surface area contributed by atoms with Crippen molar-refractivity contribution >= 4 is 5.97 Å². The summed E-state index contributed by atoms with van der Waals surface area (Å²) >= 11 is 0. The van der Waals surface area contributed by atoms with E-state index in [9.17, 15) is 4.79 Å². The Bertz CT molecular complexity index is 581. The van der Waals surface area contributed by atoms with E-state index < -0.39 is 0 Å². The summed E-state index contributed by atoms with van der Waals surface area (Å²) in [5.74, 6) is 1.25. The minimum absolute atomic E-state index is 0.283. The number of benzene rings is 1. The van der Waals surface area contributed by atoms with E-state index in [-0.39, 0.29) is 5.97 Å². The normalized spacial score (nSPS) is 14.4. The number of carbonyl (C=O) groups excluding carboxylic acids is 1. The van der Waals surface area contributed by atoms with E-state index in [1.54, 1.807) is 6.08 Å². The van der Waals surface area contributed by atoms with Gasteiger partial charge < -0.3 is 4.74 Å². The standard InChI is InChI=1S/C24H36O2/c1-6-19(2)9-7-10-20(3)11-8-12-22(5)17-24(25)26-18-23-15-13-21(4)14-16-23/h8,12-17,19-20H,6-7,9-11,18H2,1-5H3. The molecule has 0 spiro atoms. The fourth-order valence-electron chi connectivity index (χ4n) is 2.74. The molecule has 0 radical (unpaired) electrons. The average molecular weight is 357 g/mol. The molecular formula is C24H36O2. The lowest BCUT2D eigenvalue weighted by molar-refractivity contribution is -0.139. The molecule has 0 aliphatic heterocycles. The number of esters is 1. The lowest BCUT2D eigenvalue weighted by atomic mass is 9.95. The fraction of sp³-hybridized carbons (Fsp3) is 0.542. The molecule has 2 nitrogen and oxygen atoms in total. The zero-order valence-corrected chi connectivity index (χ0v) is 17.3. The van der Waals surface area contributed by atoms with Crippen molar-refractivity contribution in [3.63, 3.8) is 0 Å². The molecule has 0 heterocycles. The van der Waals surface area contributed by atoms with Crippen molar-refractivity contribution < 1.29 is 9.53 Å². The summed E-state index contributed by atoms with van der Waals surface area (Å²) in [6.45, 7) is 11.2. The Kier molecular flexibility index (Phi) is 10.7. The van der Waals surface area contributed by atoms with Crippen LogP contribution in [0.5, 0.6) is 0 Å². The molecule has 144 valence electrons. The second kappa shape index (κ2) is 12.5. The maximum absolute atomic E-state index is 11.9. The topological polar surface area (TPSA) is 26.3 Å². The Balaban J connectivity index is 2.29. The SMILES string of the molecule is CCC(C)CCCC(C)CC=CC(C)=CC(=O)OCc1ccc(C)cc1. The summed E-state index contributed by atoms with van der Waals surface area (Å²) < 4.78 is 5.30. The molecule has 2 unspecified atom stereocenters. The van der Waals surface area contributed by atoms with E-state index in [0.717, 1.165) is 23.5 Å². The molecule has 0 aliphatic carbocycles. The Morgan fingerprint density at radius 1 is 1.12 bits per heavy atom. The molecule has 1 rings (SSSR count). The highest BCUT2D eigenvalue weighted by Gasteiger charge is 2.03. The van der Waals surface area contributed by atoms with Crippen LogP contribution < -0.4 is 0 Å². The van der Waals surface area contributed by atoms with E-state index in [0.29, 0.717) is 12.5 Å². The van der Waals surface area contributed by atoms with Crippen molar-refractivity contribution in [2.24, 2.45) is 11.8 Å². The maximum atomic E-state index is 11.9. The van der Waals surface area contributed by atoms with Gasteiger partial charge in [0.1, 0.15) is 6.61 Å². The van der Waals surface area contributed by atoms with Gasteiger partial charge in [0.15, 0.2) is 0 Å². The molecule has 1 aromatic rings. The smallest absolute Gasteiger partial charge is 0.331 e. The number of hydrogen-bond acceptors (Lipinski definition) is 2. The first-order chi connectivity index (χ1) is 12.4. The first-order valence-electron chi connectivity index (χ1n) is 9.97. The van der Waals surface area contributed by atoms with E-state index in [1.165, 1.54) is 31.2 Å². The first kappa shape index (κ1) is 22.2. The number of allylic oxidation sites excluding steroid dienone is 3. The fourth-order valence-corrected chi connectivity index (χ4v) is 2.74. The molecule has 0 aromatic heterocycles. The van der Waals surface area contributed by atoms with Crippen molar-refractivity contribution in [1.29, 1.82) is 0 Å². The van der Waals surface area contributed by atoms with Gasteiger partial charge in [-0.2, -0.15) is 0 Å². The Morgan fingerprint density at radius 2 is 1.77 bits per heavy atom.